The fourth-order valence-electron chi connectivity index (χ4n) is 2.08. The summed E-state index contributed by atoms with van der Waals surface area (Å²) in [5.41, 5.74) is 2.74. The Hall–Kier alpha value is -2.41. The molecule has 0 fully saturated rings. The molecule has 7 nitrogen and oxygen atoms in total. The number of amides is 3. The van der Waals surface area contributed by atoms with Gasteiger partial charge >= 0.3 is 0 Å². The molecule has 0 saturated carbocycles. The van der Waals surface area contributed by atoms with Gasteiger partial charge in [-0.05, 0) is 25.0 Å². The monoisotopic (exact) mass is 321 g/mol. The summed E-state index contributed by atoms with van der Waals surface area (Å²) in [6.07, 6.45) is 0. The number of rotatable bonds is 7. The fourth-order valence-corrected chi connectivity index (χ4v) is 2.08. The van der Waals surface area contributed by atoms with Gasteiger partial charge in [0.2, 0.25) is 5.91 Å². The van der Waals surface area contributed by atoms with Crippen LogP contribution in [0.4, 0.5) is 5.69 Å². The lowest BCUT2D eigenvalue weighted by Gasteiger charge is -2.17. The minimum Gasteiger partial charge on any atom is -0.354 e. The van der Waals surface area contributed by atoms with Crippen LogP contribution in [0.2, 0.25) is 0 Å². The van der Waals surface area contributed by atoms with E-state index in [0.717, 1.165) is 16.8 Å². The van der Waals surface area contributed by atoms with E-state index in [1.54, 1.807) is 19.4 Å². The van der Waals surface area contributed by atoms with E-state index in [4.69, 9.17) is 0 Å². The molecule has 0 aliphatic rings. The number of carbonyl (C=O) groups excluding carboxylic acids is 3. The van der Waals surface area contributed by atoms with Crippen molar-refractivity contribution < 1.29 is 19.7 Å². The van der Waals surface area contributed by atoms with Gasteiger partial charge < -0.3 is 20.9 Å². The number of nitrogens with one attached hydrogen (secondary N) is 2. The van der Waals surface area contributed by atoms with E-state index >= 15 is 0 Å². The molecule has 4 N–H and O–H groups in total. The maximum absolute atomic E-state index is 12.1. The number of anilines is 1. The Balaban J connectivity index is 2.47. The summed E-state index contributed by atoms with van der Waals surface area (Å²) in [4.78, 5) is 36.4. The third-order valence-electron chi connectivity index (χ3n) is 3.48. The van der Waals surface area contributed by atoms with Crippen molar-refractivity contribution in [2.24, 2.45) is 0 Å². The van der Waals surface area contributed by atoms with Crippen LogP contribution in [0.25, 0.3) is 0 Å². The number of nitrogens with zero attached hydrogens (tertiary/aromatic N) is 1. The van der Waals surface area contributed by atoms with Crippen LogP contribution in [-0.2, 0) is 14.4 Å². The molecule has 23 heavy (non-hydrogen) atoms. The first-order valence-electron chi connectivity index (χ1n) is 7.47. The molecule has 0 radical (unpaired) electrons. The second-order valence-electron chi connectivity index (χ2n) is 5.43. The Labute approximate surface area is 136 Å². The van der Waals surface area contributed by atoms with Gasteiger partial charge in [0, 0.05) is 19.8 Å². The van der Waals surface area contributed by atoms with Crippen molar-refractivity contribution in [3.63, 3.8) is 0 Å². The lowest BCUT2D eigenvalue weighted by molar-refractivity contribution is -0.633. The number of aryl methyl sites for hydroxylation is 2. The summed E-state index contributed by atoms with van der Waals surface area (Å²) < 4.78 is 0. The molecule has 0 saturated heterocycles. The van der Waals surface area contributed by atoms with Gasteiger partial charge in [0.05, 0.1) is 6.54 Å². The van der Waals surface area contributed by atoms with Crippen LogP contribution in [0.3, 0.4) is 0 Å². The summed E-state index contributed by atoms with van der Waals surface area (Å²) in [6.45, 7) is 4.13. The van der Waals surface area contributed by atoms with Crippen molar-refractivity contribution in [3.05, 3.63) is 29.3 Å². The van der Waals surface area contributed by atoms with Crippen LogP contribution in [-0.4, -0.2) is 56.4 Å². The lowest BCUT2D eigenvalue weighted by atomic mass is 10.1. The van der Waals surface area contributed by atoms with E-state index in [0.29, 0.717) is 0 Å². The topological polar surface area (TPSA) is 95.1 Å². The zero-order chi connectivity index (χ0) is 17.4. The molecule has 3 amide bonds. The van der Waals surface area contributed by atoms with Crippen molar-refractivity contribution in [2.45, 2.75) is 13.8 Å². The molecule has 0 aliphatic carbocycles. The molecular weight excluding hydrogens is 296 g/mol. The molecule has 0 atom stereocenters. The minimum atomic E-state index is -0.246. The van der Waals surface area contributed by atoms with Crippen molar-refractivity contribution in [3.8, 4) is 0 Å². The van der Waals surface area contributed by atoms with Gasteiger partial charge in [-0.1, -0.05) is 18.2 Å². The first-order chi connectivity index (χ1) is 10.8. The number of likely N-dealkylation sites (N-methyl/N-ethyl adjacent to an activating group) is 2. The highest BCUT2D eigenvalue weighted by Gasteiger charge is 2.16. The summed E-state index contributed by atoms with van der Waals surface area (Å²) in [5, 5.41) is 6.92. The predicted molar refractivity (Wildman–Crippen MR) is 87.9 cm³/mol. The van der Waals surface area contributed by atoms with Gasteiger partial charge in [-0.15, -0.1) is 0 Å². The second-order valence-corrected chi connectivity index (χ2v) is 5.43. The van der Waals surface area contributed by atoms with Gasteiger partial charge in [-0.2, -0.15) is 0 Å². The van der Waals surface area contributed by atoms with E-state index in [-0.39, 0.29) is 37.4 Å². The number of nitrogens with two attached hydrogens (primary N) is 1. The number of hydrogen-bond acceptors (Lipinski definition) is 3. The Morgan fingerprint density at radius 1 is 1.09 bits per heavy atom. The number of para-hydroxylation sites is 1. The van der Waals surface area contributed by atoms with Crippen LogP contribution >= 0.6 is 0 Å². The molecule has 1 aromatic rings. The van der Waals surface area contributed by atoms with E-state index in [2.05, 4.69) is 10.6 Å². The van der Waals surface area contributed by atoms with E-state index in [1.807, 2.05) is 32.0 Å². The van der Waals surface area contributed by atoms with Crippen LogP contribution in [0, 0.1) is 13.8 Å². The first-order valence-corrected chi connectivity index (χ1v) is 7.47. The molecule has 0 heterocycles. The maximum atomic E-state index is 12.1. The second kappa shape index (κ2) is 8.89. The van der Waals surface area contributed by atoms with Crippen LogP contribution in [0.5, 0.6) is 0 Å². The number of carbonyl (C=O) groups is 3. The van der Waals surface area contributed by atoms with E-state index in [1.165, 1.54) is 4.90 Å². The van der Waals surface area contributed by atoms with Gasteiger partial charge in [-0.3, -0.25) is 14.4 Å². The molecule has 0 unspecified atom stereocenters. The van der Waals surface area contributed by atoms with E-state index in [9.17, 15) is 14.4 Å². The van der Waals surface area contributed by atoms with Crippen LogP contribution in [0.1, 0.15) is 11.1 Å². The van der Waals surface area contributed by atoms with Gasteiger partial charge in [0.25, 0.3) is 11.8 Å². The highest BCUT2D eigenvalue weighted by Crippen LogP contribution is 2.19. The molecule has 0 aromatic heterocycles. The number of hydrogen-bond donors (Lipinski definition) is 3. The van der Waals surface area contributed by atoms with Crippen LogP contribution < -0.4 is 16.0 Å². The Bertz CT molecular complexity index is 566. The standard InChI is InChI=1S/C16H24N4O3/c1-11-6-5-7-12(2)16(11)19-14(22)10-20(4)15(23)9-18-8-13(21)17-3/h5-7,18H,8-10H2,1-4H3,(H,17,21)(H,19,22)/p+1. The third-order valence-corrected chi connectivity index (χ3v) is 3.48. The predicted octanol–water partition coefficient (Wildman–Crippen LogP) is -0.990. The average Bonchev–Trinajstić information content (AvgIpc) is 2.50. The molecule has 1 rings (SSSR count). The van der Waals surface area contributed by atoms with Crippen molar-refractivity contribution in [1.82, 2.24) is 10.2 Å². The van der Waals surface area contributed by atoms with E-state index < -0.39 is 0 Å². The smallest absolute Gasteiger partial charge is 0.277 e. The summed E-state index contributed by atoms with van der Waals surface area (Å²) in [6, 6.07) is 5.77. The first kappa shape index (κ1) is 18.6. The highest BCUT2D eigenvalue weighted by atomic mass is 16.2. The number of benzene rings is 1. The van der Waals surface area contributed by atoms with Gasteiger partial charge in [0.15, 0.2) is 13.1 Å². The van der Waals surface area contributed by atoms with Gasteiger partial charge in [0.1, 0.15) is 0 Å². The minimum absolute atomic E-state index is 0.0274. The molecule has 7 heteroatoms. The van der Waals surface area contributed by atoms with Crippen molar-refractivity contribution in [2.75, 3.05) is 39.0 Å². The molecule has 0 spiro atoms. The highest BCUT2D eigenvalue weighted by molar-refractivity contribution is 5.95. The Kier molecular flexibility index (Phi) is 7.21. The largest absolute Gasteiger partial charge is 0.354 e. The van der Waals surface area contributed by atoms with Crippen LogP contribution in [0.15, 0.2) is 18.2 Å². The maximum Gasteiger partial charge on any atom is 0.277 e. The fraction of sp³-hybridized carbons (Fsp3) is 0.438. The van der Waals surface area contributed by atoms with Gasteiger partial charge in [-0.25, -0.2) is 0 Å². The Morgan fingerprint density at radius 2 is 1.70 bits per heavy atom. The number of quaternary nitrogens is 1. The molecular formula is C16H25N4O3+. The Morgan fingerprint density at radius 3 is 2.26 bits per heavy atom. The molecule has 1 aromatic carbocycles. The zero-order valence-corrected chi connectivity index (χ0v) is 14.1. The molecule has 126 valence electrons. The normalized spacial score (nSPS) is 10.1. The lowest BCUT2D eigenvalue weighted by Crippen LogP contribution is -2.88. The zero-order valence-electron chi connectivity index (χ0n) is 14.1. The van der Waals surface area contributed by atoms with Crippen molar-refractivity contribution in [1.29, 1.82) is 0 Å². The average molecular weight is 321 g/mol. The summed E-state index contributed by atoms with van der Waals surface area (Å²) in [5.74, 6) is -0.594. The SMILES string of the molecule is CNC(=O)C[NH2+]CC(=O)N(C)CC(=O)Nc1c(C)cccc1C. The summed E-state index contributed by atoms with van der Waals surface area (Å²) in [7, 11) is 3.11. The van der Waals surface area contributed by atoms with Crippen molar-refractivity contribution >= 4 is 23.4 Å². The summed E-state index contributed by atoms with van der Waals surface area (Å²) >= 11 is 0. The third kappa shape index (κ3) is 6.07. The quantitative estimate of drug-likeness (QED) is 0.602. The molecule has 0 aliphatic heterocycles. The molecule has 0 bridgehead atoms.